The summed E-state index contributed by atoms with van der Waals surface area (Å²) in [4.78, 5) is 4.60. The molecule has 0 fully saturated rings. The Morgan fingerprint density at radius 2 is 1.96 bits per heavy atom. The lowest BCUT2D eigenvalue weighted by atomic mass is 10.0. The van der Waals surface area contributed by atoms with E-state index in [1.165, 1.54) is 22.2 Å². The Hall–Kier alpha value is -2.22. The molecule has 4 rings (SSSR count). The molecular weight excluding hydrogens is 451 g/mol. The molecule has 142 valence electrons. The van der Waals surface area contributed by atoms with Gasteiger partial charge >= 0.3 is 0 Å². The number of guanidine groups is 1. The van der Waals surface area contributed by atoms with Crippen molar-refractivity contribution in [3.8, 4) is 5.75 Å². The number of para-hydroxylation sites is 2. The third kappa shape index (κ3) is 3.76. The first kappa shape index (κ1) is 19.5. The molecule has 0 amide bonds. The number of nitrogens with two attached hydrogens (primary N) is 1. The number of rotatable bonds is 3. The number of halogens is 1. The molecule has 2 heterocycles. The second kappa shape index (κ2) is 8.21. The van der Waals surface area contributed by atoms with E-state index < -0.39 is 0 Å². The standard InChI is InChI=1S/C21H24N4O.HI/c1-14-15-7-3-5-9-18(15)25(2)19(14)13-23-21(22)24-17-11-12-26-20-10-6-4-8-16(17)20;/h3-10,17H,11-13H2,1-2H3,(H3,22,23,24);1H. The van der Waals surface area contributed by atoms with Crippen LogP contribution in [-0.2, 0) is 13.6 Å². The van der Waals surface area contributed by atoms with Gasteiger partial charge in [-0.25, -0.2) is 4.99 Å². The quantitative estimate of drug-likeness (QED) is 0.341. The van der Waals surface area contributed by atoms with E-state index in [-0.39, 0.29) is 30.0 Å². The van der Waals surface area contributed by atoms with Crippen molar-refractivity contribution in [2.45, 2.75) is 25.9 Å². The second-order valence-corrected chi connectivity index (χ2v) is 6.72. The average molecular weight is 476 g/mol. The van der Waals surface area contributed by atoms with Crippen LogP contribution >= 0.6 is 24.0 Å². The summed E-state index contributed by atoms with van der Waals surface area (Å²) in [5.41, 5.74) is 11.0. The van der Waals surface area contributed by atoms with Gasteiger partial charge in [0.15, 0.2) is 5.96 Å². The third-order valence-electron chi connectivity index (χ3n) is 5.19. The number of benzene rings is 2. The minimum absolute atomic E-state index is 0. The van der Waals surface area contributed by atoms with E-state index in [0.29, 0.717) is 19.1 Å². The molecule has 0 saturated heterocycles. The van der Waals surface area contributed by atoms with Crippen LogP contribution in [0.3, 0.4) is 0 Å². The number of hydrogen-bond acceptors (Lipinski definition) is 2. The zero-order valence-electron chi connectivity index (χ0n) is 15.6. The molecule has 1 aromatic heterocycles. The molecule has 27 heavy (non-hydrogen) atoms. The molecule has 0 spiro atoms. The predicted octanol–water partition coefficient (Wildman–Crippen LogP) is 4.03. The second-order valence-electron chi connectivity index (χ2n) is 6.72. The number of aryl methyl sites for hydroxylation is 2. The van der Waals surface area contributed by atoms with Crippen molar-refractivity contribution in [3.05, 3.63) is 65.4 Å². The number of nitrogens with one attached hydrogen (secondary N) is 1. The predicted molar refractivity (Wildman–Crippen MR) is 121 cm³/mol. The van der Waals surface area contributed by atoms with E-state index in [4.69, 9.17) is 10.5 Å². The molecule has 6 heteroatoms. The van der Waals surface area contributed by atoms with Crippen LogP contribution in [0.1, 0.15) is 29.3 Å². The summed E-state index contributed by atoms with van der Waals surface area (Å²) in [7, 11) is 2.08. The monoisotopic (exact) mass is 476 g/mol. The van der Waals surface area contributed by atoms with Crippen molar-refractivity contribution >= 4 is 40.8 Å². The number of nitrogens with zero attached hydrogens (tertiary/aromatic N) is 2. The van der Waals surface area contributed by atoms with Gasteiger partial charge in [-0.05, 0) is 24.6 Å². The average Bonchev–Trinajstić information content (AvgIpc) is 2.91. The Morgan fingerprint density at radius 1 is 1.22 bits per heavy atom. The van der Waals surface area contributed by atoms with Crippen molar-refractivity contribution in [1.82, 2.24) is 9.88 Å². The highest BCUT2D eigenvalue weighted by molar-refractivity contribution is 14.0. The SMILES string of the molecule is Cc1c(CN=C(N)NC2CCOc3ccccc32)n(C)c2ccccc12.I. The van der Waals surface area contributed by atoms with Gasteiger partial charge in [0.1, 0.15) is 5.75 Å². The van der Waals surface area contributed by atoms with Crippen LogP contribution in [0.2, 0.25) is 0 Å². The molecule has 1 aliphatic heterocycles. The molecule has 1 aliphatic rings. The van der Waals surface area contributed by atoms with Gasteiger partial charge in [0.05, 0.1) is 19.2 Å². The highest BCUT2D eigenvalue weighted by Crippen LogP contribution is 2.31. The van der Waals surface area contributed by atoms with E-state index in [1.807, 2.05) is 18.2 Å². The van der Waals surface area contributed by atoms with Crippen LogP contribution in [0.15, 0.2) is 53.5 Å². The molecule has 0 bridgehead atoms. The summed E-state index contributed by atoms with van der Waals surface area (Å²) in [5, 5.41) is 4.63. The highest BCUT2D eigenvalue weighted by Gasteiger charge is 2.21. The van der Waals surface area contributed by atoms with Crippen molar-refractivity contribution < 1.29 is 4.74 Å². The van der Waals surface area contributed by atoms with Gasteiger partial charge in [-0.3, -0.25) is 0 Å². The maximum absolute atomic E-state index is 6.19. The van der Waals surface area contributed by atoms with Gasteiger partial charge in [-0.1, -0.05) is 36.4 Å². The van der Waals surface area contributed by atoms with Crippen LogP contribution < -0.4 is 15.8 Å². The van der Waals surface area contributed by atoms with E-state index in [1.54, 1.807) is 0 Å². The van der Waals surface area contributed by atoms with Gasteiger partial charge in [0.25, 0.3) is 0 Å². The smallest absolute Gasteiger partial charge is 0.189 e. The lowest BCUT2D eigenvalue weighted by molar-refractivity contribution is 0.262. The van der Waals surface area contributed by atoms with Crippen LogP contribution in [0.25, 0.3) is 10.9 Å². The number of ether oxygens (including phenoxy) is 1. The van der Waals surface area contributed by atoms with Crippen LogP contribution in [0.5, 0.6) is 5.75 Å². The fourth-order valence-corrected chi connectivity index (χ4v) is 3.74. The number of aliphatic imine (C=N–C) groups is 1. The number of fused-ring (bicyclic) bond motifs is 2. The number of hydrogen-bond donors (Lipinski definition) is 2. The Bertz CT molecular complexity index is 940. The Labute approximate surface area is 176 Å². The molecule has 0 radical (unpaired) electrons. The van der Waals surface area contributed by atoms with E-state index in [2.05, 4.69) is 59.2 Å². The first-order valence-corrected chi connectivity index (χ1v) is 8.96. The largest absolute Gasteiger partial charge is 0.493 e. The summed E-state index contributed by atoms with van der Waals surface area (Å²) < 4.78 is 7.91. The van der Waals surface area contributed by atoms with Gasteiger partial charge in [-0.2, -0.15) is 0 Å². The van der Waals surface area contributed by atoms with Gasteiger partial charge in [0, 0.05) is 35.6 Å². The van der Waals surface area contributed by atoms with Crippen molar-refractivity contribution in [3.63, 3.8) is 0 Å². The van der Waals surface area contributed by atoms with Crippen LogP contribution in [-0.4, -0.2) is 17.1 Å². The maximum Gasteiger partial charge on any atom is 0.189 e. The molecule has 2 aromatic carbocycles. The molecule has 3 aromatic rings. The lowest BCUT2D eigenvalue weighted by Crippen LogP contribution is -2.37. The third-order valence-corrected chi connectivity index (χ3v) is 5.19. The van der Waals surface area contributed by atoms with Gasteiger partial charge < -0.3 is 20.4 Å². The first-order chi connectivity index (χ1) is 12.6. The molecule has 0 saturated carbocycles. The van der Waals surface area contributed by atoms with E-state index in [0.717, 1.165) is 17.7 Å². The normalized spacial score (nSPS) is 16.4. The summed E-state index contributed by atoms with van der Waals surface area (Å²) in [6.45, 7) is 3.39. The number of aromatic nitrogens is 1. The van der Waals surface area contributed by atoms with Gasteiger partial charge in [0.2, 0.25) is 0 Å². The fourth-order valence-electron chi connectivity index (χ4n) is 3.74. The lowest BCUT2D eigenvalue weighted by Gasteiger charge is -2.26. The van der Waals surface area contributed by atoms with Crippen molar-refractivity contribution in [2.24, 2.45) is 17.8 Å². The van der Waals surface area contributed by atoms with Crippen molar-refractivity contribution in [2.75, 3.05) is 6.61 Å². The highest BCUT2D eigenvalue weighted by atomic mass is 127. The first-order valence-electron chi connectivity index (χ1n) is 8.96. The summed E-state index contributed by atoms with van der Waals surface area (Å²) >= 11 is 0. The van der Waals surface area contributed by atoms with Crippen LogP contribution in [0, 0.1) is 6.92 Å². The molecule has 1 atom stereocenters. The van der Waals surface area contributed by atoms with E-state index >= 15 is 0 Å². The van der Waals surface area contributed by atoms with Gasteiger partial charge in [-0.15, -0.1) is 24.0 Å². The minimum atomic E-state index is 0. The molecule has 5 nitrogen and oxygen atoms in total. The summed E-state index contributed by atoms with van der Waals surface area (Å²) in [6.07, 6.45) is 0.875. The molecule has 1 unspecified atom stereocenters. The fraction of sp³-hybridized carbons (Fsp3) is 0.286. The zero-order chi connectivity index (χ0) is 18.1. The molecule has 3 N–H and O–H groups in total. The molecular formula is C21H25IN4O. The van der Waals surface area contributed by atoms with E-state index in [9.17, 15) is 0 Å². The maximum atomic E-state index is 6.19. The van der Waals surface area contributed by atoms with Crippen LogP contribution in [0.4, 0.5) is 0 Å². The topological polar surface area (TPSA) is 64.6 Å². The Balaban J connectivity index is 0.00000210. The summed E-state index contributed by atoms with van der Waals surface area (Å²) in [6, 6.07) is 16.6. The Morgan fingerprint density at radius 3 is 2.78 bits per heavy atom. The Kier molecular flexibility index (Phi) is 5.94. The van der Waals surface area contributed by atoms with Crippen molar-refractivity contribution in [1.29, 1.82) is 0 Å². The summed E-state index contributed by atoms with van der Waals surface area (Å²) in [5.74, 6) is 1.39. The zero-order valence-corrected chi connectivity index (χ0v) is 17.9. The molecule has 0 aliphatic carbocycles. The minimum Gasteiger partial charge on any atom is -0.493 e.